The summed E-state index contributed by atoms with van der Waals surface area (Å²) in [4.78, 5) is 51.0. The van der Waals surface area contributed by atoms with E-state index in [1.165, 1.54) is 0 Å². The monoisotopic (exact) mass is 373 g/mol. The lowest BCUT2D eigenvalue weighted by Crippen LogP contribution is -2.86. The van der Waals surface area contributed by atoms with Crippen molar-refractivity contribution in [2.45, 2.75) is 62.9 Å². The minimum Gasteiger partial charge on any atom is -0.386 e. The van der Waals surface area contributed by atoms with Crippen LogP contribution in [0.4, 0.5) is 0 Å². The molecule has 1 unspecified atom stereocenters. The van der Waals surface area contributed by atoms with Gasteiger partial charge in [-0.25, -0.2) is 0 Å². The van der Waals surface area contributed by atoms with Crippen molar-refractivity contribution in [3.05, 3.63) is 10.4 Å². The number of hydrogen-bond donors (Lipinski definition) is 4. The lowest BCUT2D eigenvalue weighted by atomic mass is 9.60. The zero-order chi connectivity index (χ0) is 20.7. The highest BCUT2D eigenvalue weighted by Crippen LogP contribution is 2.47. The molecule has 1 heterocycles. The molecular weight excluding hydrogens is 354 g/mol. The van der Waals surface area contributed by atoms with Gasteiger partial charge in [-0.1, -0.05) is 5.11 Å². The van der Waals surface area contributed by atoms with Gasteiger partial charge in [0, 0.05) is 4.91 Å². The summed E-state index contributed by atoms with van der Waals surface area (Å²) in [7, 11) is 0. The van der Waals surface area contributed by atoms with Crippen LogP contribution in [-0.4, -0.2) is 78.8 Å². The third kappa shape index (κ3) is 2.55. The molecule has 0 radical (unpaired) electrons. The Morgan fingerprint density at radius 1 is 1.04 bits per heavy atom. The number of aliphatic hydroxyl groups is 4. The Kier molecular flexibility index (Phi) is 5.74. The van der Waals surface area contributed by atoms with Crippen molar-refractivity contribution in [3.63, 3.8) is 0 Å². The molecule has 144 valence electrons. The summed E-state index contributed by atoms with van der Waals surface area (Å²) in [6, 6.07) is 0. The predicted molar refractivity (Wildman–Crippen MR) is 81.4 cm³/mol. The SMILES string of the molecule is CC(=O)[C@]1(O)[C@@](O)(C(C)=O)[C@@H](C(=O)C(C)O)O[C@@H](N=[N+]=[N-])[C@@]1(O)C(C)=O. The summed E-state index contributed by atoms with van der Waals surface area (Å²) < 4.78 is 4.97. The van der Waals surface area contributed by atoms with Crippen molar-refractivity contribution in [1.82, 2.24) is 0 Å². The van der Waals surface area contributed by atoms with E-state index < -0.39 is 58.4 Å². The third-order valence-corrected chi connectivity index (χ3v) is 4.51. The van der Waals surface area contributed by atoms with Crippen LogP contribution in [-0.2, 0) is 23.9 Å². The second-order valence-electron chi connectivity index (χ2n) is 6.06. The highest BCUT2D eigenvalue weighted by molar-refractivity contribution is 6.08. The first kappa shape index (κ1) is 21.8. The largest absolute Gasteiger partial charge is 0.386 e. The Balaban J connectivity index is 4.00. The lowest BCUT2D eigenvalue weighted by molar-refractivity contribution is -0.311. The van der Waals surface area contributed by atoms with Crippen molar-refractivity contribution < 1.29 is 44.3 Å². The van der Waals surface area contributed by atoms with Crippen molar-refractivity contribution in [2.24, 2.45) is 5.11 Å². The molecular formula is C14H19N3O9. The molecule has 1 rings (SSSR count). The van der Waals surface area contributed by atoms with Gasteiger partial charge in [-0.05, 0) is 33.2 Å². The molecule has 0 spiro atoms. The Labute approximate surface area is 147 Å². The summed E-state index contributed by atoms with van der Waals surface area (Å²) in [6.45, 7) is 2.96. The Morgan fingerprint density at radius 2 is 1.50 bits per heavy atom. The smallest absolute Gasteiger partial charge is 0.200 e. The fourth-order valence-electron chi connectivity index (χ4n) is 3.04. The van der Waals surface area contributed by atoms with Crippen molar-refractivity contribution >= 4 is 23.1 Å². The van der Waals surface area contributed by atoms with Gasteiger partial charge in [0.15, 0.2) is 52.3 Å². The molecule has 12 heteroatoms. The first-order valence-corrected chi connectivity index (χ1v) is 7.36. The second kappa shape index (κ2) is 6.83. The first-order valence-electron chi connectivity index (χ1n) is 7.36. The van der Waals surface area contributed by atoms with Gasteiger partial charge in [-0.15, -0.1) is 0 Å². The quantitative estimate of drug-likeness (QED) is 0.229. The first-order chi connectivity index (χ1) is 11.7. The number of rotatable bonds is 6. The zero-order valence-electron chi connectivity index (χ0n) is 14.4. The molecule has 0 saturated carbocycles. The number of azide groups is 1. The van der Waals surface area contributed by atoms with Crippen molar-refractivity contribution in [1.29, 1.82) is 0 Å². The summed E-state index contributed by atoms with van der Waals surface area (Å²) >= 11 is 0. The predicted octanol–water partition coefficient (Wildman–Crippen LogP) is -2.07. The Morgan fingerprint density at radius 3 is 1.81 bits per heavy atom. The molecule has 1 saturated heterocycles. The van der Waals surface area contributed by atoms with E-state index in [9.17, 15) is 39.6 Å². The maximum absolute atomic E-state index is 12.2. The molecule has 12 nitrogen and oxygen atoms in total. The molecule has 0 aliphatic carbocycles. The molecule has 26 heavy (non-hydrogen) atoms. The number of carbonyl (C=O) groups is 4. The lowest BCUT2D eigenvalue weighted by Gasteiger charge is -2.56. The van der Waals surface area contributed by atoms with Gasteiger partial charge in [0.25, 0.3) is 0 Å². The van der Waals surface area contributed by atoms with E-state index >= 15 is 0 Å². The zero-order valence-corrected chi connectivity index (χ0v) is 14.4. The Hall–Kier alpha value is -2.21. The van der Waals surface area contributed by atoms with Gasteiger partial charge in [-0.2, -0.15) is 0 Å². The van der Waals surface area contributed by atoms with Crippen LogP contribution in [0.1, 0.15) is 27.7 Å². The molecule has 1 aliphatic rings. The highest BCUT2D eigenvalue weighted by atomic mass is 16.6. The van der Waals surface area contributed by atoms with Gasteiger partial charge in [0.05, 0.1) is 0 Å². The summed E-state index contributed by atoms with van der Waals surface area (Å²) in [5, 5.41) is 45.0. The molecule has 4 N–H and O–H groups in total. The van der Waals surface area contributed by atoms with Crippen LogP contribution in [0.15, 0.2) is 5.11 Å². The summed E-state index contributed by atoms with van der Waals surface area (Å²) in [5.74, 6) is -5.62. The molecule has 0 aromatic carbocycles. The number of aliphatic hydroxyl groups excluding tert-OH is 1. The molecule has 6 atom stereocenters. The topological polar surface area (TPSA) is 207 Å². The standard InChI is InChI=1S/C14H19N3O9/c1-5(18)9(22)10-12(23,6(2)19)14(25,8(4)21)13(24,7(3)20)11(26-10)16-17-15/h5,10-11,18,23-25H,1-4H3/t5?,10-,11-,12-,13+,14+/m1/s1. The van der Waals surface area contributed by atoms with Gasteiger partial charge in [0.1, 0.15) is 6.10 Å². The van der Waals surface area contributed by atoms with E-state index in [4.69, 9.17) is 10.3 Å². The van der Waals surface area contributed by atoms with E-state index in [2.05, 4.69) is 10.0 Å². The van der Waals surface area contributed by atoms with Gasteiger partial charge in [0.2, 0.25) is 0 Å². The molecule has 0 bridgehead atoms. The minimum absolute atomic E-state index is 0.643. The van der Waals surface area contributed by atoms with E-state index in [1.807, 2.05) is 0 Å². The van der Waals surface area contributed by atoms with E-state index in [0.29, 0.717) is 20.8 Å². The van der Waals surface area contributed by atoms with Crippen LogP contribution in [0, 0.1) is 0 Å². The summed E-state index contributed by atoms with van der Waals surface area (Å²) in [5.41, 5.74) is -1.80. The fraction of sp³-hybridized carbons (Fsp3) is 0.714. The number of Topliss-reactive ketones (excluding diaryl/α,β-unsaturated/α-hetero) is 4. The average molecular weight is 373 g/mol. The van der Waals surface area contributed by atoms with Crippen LogP contribution in [0.3, 0.4) is 0 Å². The van der Waals surface area contributed by atoms with Crippen LogP contribution < -0.4 is 0 Å². The van der Waals surface area contributed by atoms with Gasteiger partial charge < -0.3 is 25.2 Å². The maximum Gasteiger partial charge on any atom is 0.200 e. The van der Waals surface area contributed by atoms with Crippen LogP contribution in [0.5, 0.6) is 0 Å². The van der Waals surface area contributed by atoms with Gasteiger partial charge in [-0.3, -0.25) is 19.2 Å². The number of carbonyl (C=O) groups excluding carboxylic acids is 4. The van der Waals surface area contributed by atoms with E-state index in [-0.39, 0.29) is 0 Å². The average Bonchev–Trinajstić information content (AvgIpc) is 2.53. The van der Waals surface area contributed by atoms with E-state index in [1.54, 1.807) is 0 Å². The minimum atomic E-state index is -3.61. The van der Waals surface area contributed by atoms with E-state index in [0.717, 1.165) is 6.92 Å². The third-order valence-electron chi connectivity index (χ3n) is 4.51. The molecule has 0 aromatic heterocycles. The number of nitrogens with zero attached hydrogens (tertiary/aromatic N) is 3. The normalized spacial score (nSPS) is 38.0. The number of ether oxygens (including phenoxy) is 1. The van der Waals surface area contributed by atoms with Crippen LogP contribution >= 0.6 is 0 Å². The maximum atomic E-state index is 12.2. The molecule has 1 aliphatic heterocycles. The van der Waals surface area contributed by atoms with Crippen molar-refractivity contribution in [2.75, 3.05) is 0 Å². The highest BCUT2D eigenvalue weighted by Gasteiger charge is 2.79. The summed E-state index contributed by atoms with van der Waals surface area (Å²) in [6.07, 6.45) is -6.60. The fourth-order valence-corrected chi connectivity index (χ4v) is 3.04. The Bertz CT molecular complexity index is 716. The van der Waals surface area contributed by atoms with Crippen molar-refractivity contribution in [3.8, 4) is 0 Å². The van der Waals surface area contributed by atoms with Gasteiger partial charge >= 0.3 is 0 Å². The number of ketones is 4. The van der Waals surface area contributed by atoms with Crippen LogP contribution in [0.25, 0.3) is 10.4 Å². The second-order valence-corrected chi connectivity index (χ2v) is 6.06. The molecule has 0 amide bonds. The molecule has 1 fully saturated rings. The molecule has 0 aromatic rings. The van der Waals surface area contributed by atoms with Crippen LogP contribution in [0.2, 0.25) is 0 Å². The number of hydrogen-bond acceptors (Lipinski definition) is 10.